The third-order valence-electron chi connectivity index (χ3n) is 3.72. The van der Waals surface area contributed by atoms with Gasteiger partial charge in [0.05, 0.1) is 0 Å². The highest BCUT2D eigenvalue weighted by atomic mass is 15.0. The van der Waals surface area contributed by atoms with Crippen molar-refractivity contribution in [1.82, 2.24) is 9.88 Å². The van der Waals surface area contributed by atoms with Gasteiger partial charge in [-0.2, -0.15) is 0 Å². The van der Waals surface area contributed by atoms with E-state index in [1.54, 1.807) is 0 Å². The Morgan fingerprint density at radius 2 is 2.00 bits per heavy atom. The van der Waals surface area contributed by atoms with Gasteiger partial charge >= 0.3 is 0 Å². The number of unbranched alkanes of at least 4 members (excludes halogenated alkanes) is 1. The Kier molecular flexibility index (Phi) is 6.64. The van der Waals surface area contributed by atoms with Gasteiger partial charge in [-0.05, 0) is 45.2 Å². The molecule has 1 heterocycles. The highest BCUT2D eigenvalue weighted by Crippen LogP contribution is 2.17. The van der Waals surface area contributed by atoms with Crippen molar-refractivity contribution in [3.63, 3.8) is 0 Å². The fraction of sp³-hybridized carbons (Fsp3) is 0.765. The second kappa shape index (κ2) is 7.74. The molecule has 1 aromatic rings. The van der Waals surface area contributed by atoms with Crippen LogP contribution in [0, 0.1) is 5.92 Å². The van der Waals surface area contributed by atoms with E-state index in [2.05, 4.69) is 62.8 Å². The molecule has 1 atom stereocenters. The Labute approximate surface area is 119 Å². The molecule has 2 nitrogen and oxygen atoms in total. The Morgan fingerprint density at radius 3 is 2.58 bits per heavy atom. The summed E-state index contributed by atoms with van der Waals surface area (Å²) in [6.07, 6.45) is 7.53. The van der Waals surface area contributed by atoms with E-state index in [0.29, 0.717) is 0 Å². The SMILES string of the molecule is CCCCC(CC)Cn1cccc1CNC(C)(C)C. The zero-order valence-electron chi connectivity index (χ0n) is 13.5. The van der Waals surface area contributed by atoms with E-state index in [9.17, 15) is 0 Å². The normalized spacial score (nSPS) is 13.7. The molecular formula is C17H32N2. The summed E-state index contributed by atoms with van der Waals surface area (Å²) in [5.74, 6) is 0.820. The number of hydrogen-bond acceptors (Lipinski definition) is 1. The van der Waals surface area contributed by atoms with Gasteiger partial charge in [0.2, 0.25) is 0 Å². The number of rotatable bonds is 8. The number of aromatic nitrogens is 1. The van der Waals surface area contributed by atoms with Crippen LogP contribution < -0.4 is 5.32 Å². The van der Waals surface area contributed by atoms with Crippen LogP contribution in [0.15, 0.2) is 18.3 Å². The summed E-state index contributed by atoms with van der Waals surface area (Å²) in [6, 6.07) is 4.41. The van der Waals surface area contributed by atoms with Crippen LogP contribution in [0.4, 0.5) is 0 Å². The van der Waals surface area contributed by atoms with Crippen LogP contribution >= 0.6 is 0 Å². The standard InChI is InChI=1S/C17H32N2/c1-6-8-10-15(7-2)14-19-12-9-11-16(19)13-18-17(3,4)5/h9,11-12,15,18H,6-8,10,13-14H2,1-5H3. The molecule has 19 heavy (non-hydrogen) atoms. The van der Waals surface area contributed by atoms with E-state index >= 15 is 0 Å². The van der Waals surface area contributed by atoms with Crippen LogP contribution in [0.2, 0.25) is 0 Å². The summed E-state index contributed by atoms with van der Waals surface area (Å²) in [4.78, 5) is 0. The van der Waals surface area contributed by atoms with E-state index < -0.39 is 0 Å². The van der Waals surface area contributed by atoms with E-state index in [1.165, 1.54) is 37.9 Å². The molecule has 0 bridgehead atoms. The van der Waals surface area contributed by atoms with Crippen molar-refractivity contribution in [3.05, 3.63) is 24.0 Å². The molecule has 0 aromatic carbocycles. The molecule has 0 fully saturated rings. The van der Waals surface area contributed by atoms with Gasteiger partial charge in [-0.3, -0.25) is 0 Å². The van der Waals surface area contributed by atoms with Crippen molar-refractivity contribution in [1.29, 1.82) is 0 Å². The first kappa shape index (κ1) is 16.3. The van der Waals surface area contributed by atoms with Crippen molar-refractivity contribution in [2.45, 2.75) is 78.9 Å². The first-order valence-corrected chi connectivity index (χ1v) is 7.85. The Morgan fingerprint density at radius 1 is 1.26 bits per heavy atom. The van der Waals surface area contributed by atoms with Gasteiger partial charge in [0.25, 0.3) is 0 Å². The molecular weight excluding hydrogens is 232 g/mol. The van der Waals surface area contributed by atoms with Gasteiger partial charge in [0.1, 0.15) is 0 Å². The molecule has 0 aliphatic rings. The lowest BCUT2D eigenvalue weighted by Crippen LogP contribution is -2.35. The summed E-state index contributed by atoms with van der Waals surface area (Å²) >= 11 is 0. The summed E-state index contributed by atoms with van der Waals surface area (Å²) < 4.78 is 2.43. The van der Waals surface area contributed by atoms with Crippen LogP contribution in [-0.4, -0.2) is 10.1 Å². The Balaban J connectivity index is 2.56. The Bertz CT molecular complexity index is 346. The van der Waals surface area contributed by atoms with Gasteiger partial charge in [-0.25, -0.2) is 0 Å². The van der Waals surface area contributed by atoms with E-state index in [4.69, 9.17) is 0 Å². The smallest absolute Gasteiger partial charge is 0.0363 e. The van der Waals surface area contributed by atoms with Gasteiger partial charge in [-0.1, -0.05) is 33.1 Å². The minimum absolute atomic E-state index is 0.182. The molecule has 1 N–H and O–H groups in total. The maximum absolute atomic E-state index is 3.58. The van der Waals surface area contributed by atoms with E-state index in [1.807, 2.05) is 0 Å². The van der Waals surface area contributed by atoms with Gasteiger partial charge in [-0.15, -0.1) is 0 Å². The first-order chi connectivity index (χ1) is 8.96. The molecule has 0 radical (unpaired) electrons. The van der Waals surface area contributed by atoms with Gasteiger partial charge in [0, 0.05) is 30.5 Å². The molecule has 1 rings (SSSR count). The molecule has 110 valence electrons. The molecule has 0 saturated heterocycles. The molecule has 0 spiro atoms. The maximum Gasteiger partial charge on any atom is 0.0363 e. The Hall–Kier alpha value is -0.760. The number of hydrogen-bond donors (Lipinski definition) is 1. The number of nitrogens with zero attached hydrogens (tertiary/aromatic N) is 1. The predicted molar refractivity (Wildman–Crippen MR) is 84.3 cm³/mol. The molecule has 0 saturated carbocycles. The molecule has 0 aliphatic carbocycles. The molecule has 2 heteroatoms. The highest BCUT2D eigenvalue weighted by Gasteiger charge is 2.12. The fourth-order valence-electron chi connectivity index (χ4n) is 2.34. The monoisotopic (exact) mass is 264 g/mol. The average molecular weight is 264 g/mol. The minimum Gasteiger partial charge on any atom is -0.350 e. The zero-order chi connectivity index (χ0) is 14.3. The van der Waals surface area contributed by atoms with Crippen molar-refractivity contribution in [2.24, 2.45) is 5.92 Å². The lowest BCUT2D eigenvalue weighted by atomic mass is 9.99. The molecule has 1 unspecified atom stereocenters. The maximum atomic E-state index is 3.58. The van der Waals surface area contributed by atoms with Crippen LogP contribution in [0.5, 0.6) is 0 Å². The van der Waals surface area contributed by atoms with Crippen molar-refractivity contribution in [3.8, 4) is 0 Å². The number of nitrogens with one attached hydrogen (secondary N) is 1. The summed E-state index contributed by atoms with van der Waals surface area (Å²) in [5.41, 5.74) is 1.59. The third kappa shape index (κ3) is 6.29. The van der Waals surface area contributed by atoms with Crippen LogP contribution in [0.3, 0.4) is 0 Å². The predicted octanol–water partition coefficient (Wildman–Crippen LogP) is 4.59. The van der Waals surface area contributed by atoms with Crippen molar-refractivity contribution >= 4 is 0 Å². The van der Waals surface area contributed by atoms with Gasteiger partial charge < -0.3 is 9.88 Å². The van der Waals surface area contributed by atoms with Crippen molar-refractivity contribution in [2.75, 3.05) is 0 Å². The largest absolute Gasteiger partial charge is 0.350 e. The average Bonchev–Trinajstić information content (AvgIpc) is 2.78. The molecule has 0 aliphatic heterocycles. The lowest BCUT2D eigenvalue weighted by molar-refractivity contribution is 0.373. The molecule has 0 amide bonds. The van der Waals surface area contributed by atoms with Crippen LogP contribution in [0.1, 0.15) is 66.0 Å². The van der Waals surface area contributed by atoms with Crippen LogP contribution in [-0.2, 0) is 13.1 Å². The van der Waals surface area contributed by atoms with E-state index in [-0.39, 0.29) is 5.54 Å². The quantitative estimate of drug-likeness (QED) is 0.726. The third-order valence-corrected chi connectivity index (χ3v) is 3.72. The second-order valence-electron chi connectivity index (χ2n) is 6.67. The van der Waals surface area contributed by atoms with Crippen LogP contribution in [0.25, 0.3) is 0 Å². The highest BCUT2D eigenvalue weighted by molar-refractivity contribution is 5.07. The topological polar surface area (TPSA) is 17.0 Å². The van der Waals surface area contributed by atoms with Gasteiger partial charge in [0.15, 0.2) is 0 Å². The first-order valence-electron chi connectivity index (χ1n) is 7.85. The molecule has 1 aromatic heterocycles. The minimum atomic E-state index is 0.182. The summed E-state index contributed by atoms with van der Waals surface area (Å²) in [5, 5.41) is 3.58. The zero-order valence-corrected chi connectivity index (χ0v) is 13.5. The van der Waals surface area contributed by atoms with E-state index in [0.717, 1.165) is 12.5 Å². The summed E-state index contributed by atoms with van der Waals surface area (Å²) in [7, 11) is 0. The van der Waals surface area contributed by atoms with Crippen molar-refractivity contribution < 1.29 is 0 Å². The lowest BCUT2D eigenvalue weighted by Gasteiger charge is -2.22. The second-order valence-corrected chi connectivity index (χ2v) is 6.67. The fourth-order valence-corrected chi connectivity index (χ4v) is 2.34. The summed E-state index contributed by atoms with van der Waals surface area (Å²) in [6.45, 7) is 13.4.